The van der Waals surface area contributed by atoms with E-state index in [9.17, 15) is 0 Å². The Labute approximate surface area is 86.8 Å². The van der Waals surface area contributed by atoms with Crippen molar-refractivity contribution >= 4 is 0 Å². The quantitative estimate of drug-likeness (QED) is 0.712. The van der Waals surface area contributed by atoms with Gasteiger partial charge in [0, 0.05) is 31.7 Å². The van der Waals surface area contributed by atoms with Crippen molar-refractivity contribution in [3.8, 4) is 0 Å². The van der Waals surface area contributed by atoms with Crippen LogP contribution in [-0.2, 0) is 4.74 Å². The number of piperidine rings is 1. The number of morpholine rings is 1. The van der Waals surface area contributed by atoms with Crippen molar-refractivity contribution in [2.45, 2.75) is 44.9 Å². The standard InChI is InChI=1S/C11H22N2O/c1-3-9(2)13-6-4-10-11(8-13)14-7-5-12-10/h9-12H,3-8H2,1-2H3/t9?,10-,11+/m1/s1. The van der Waals surface area contributed by atoms with E-state index in [-0.39, 0.29) is 0 Å². The molecule has 2 rings (SSSR count). The maximum absolute atomic E-state index is 5.80. The van der Waals surface area contributed by atoms with Gasteiger partial charge in [0.25, 0.3) is 0 Å². The number of hydrogen-bond acceptors (Lipinski definition) is 3. The fourth-order valence-electron chi connectivity index (χ4n) is 2.46. The Morgan fingerprint density at radius 3 is 3.21 bits per heavy atom. The summed E-state index contributed by atoms with van der Waals surface area (Å²) in [7, 11) is 0. The van der Waals surface area contributed by atoms with Gasteiger partial charge < -0.3 is 10.1 Å². The minimum Gasteiger partial charge on any atom is -0.374 e. The Balaban J connectivity index is 1.89. The zero-order chi connectivity index (χ0) is 9.97. The van der Waals surface area contributed by atoms with Crippen LogP contribution in [0.15, 0.2) is 0 Å². The Bertz CT molecular complexity index is 186. The van der Waals surface area contributed by atoms with E-state index in [4.69, 9.17) is 4.74 Å². The summed E-state index contributed by atoms with van der Waals surface area (Å²) in [6.07, 6.45) is 2.92. The summed E-state index contributed by atoms with van der Waals surface area (Å²) >= 11 is 0. The van der Waals surface area contributed by atoms with Gasteiger partial charge in [-0.1, -0.05) is 6.92 Å². The van der Waals surface area contributed by atoms with Crippen molar-refractivity contribution in [3.05, 3.63) is 0 Å². The first-order valence-electron chi connectivity index (χ1n) is 5.90. The summed E-state index contributed by atoms with van der Waals surface area (Å²) in [5.74, 6) is 0. The SMILES string of the molecule is CCC(C)N1CC[C@H]2NCCO[C@H]2C1. The molecule has 3 atom stereocenters. The summed E-state index contributed by atoms with van der Waals surface area (Å²) in [5, 5.41) is 3.55. The second-order valence-electron chi connectivity index (χ2n) is 4.51. The molecule has 0 amide bonds. The predicted octanol–water partition coefficient (Wildman–Crippen LogP) is 0.848. The molecule has 0 aliphatic carbocycles. The first-order chi connectivity index (χ1) is 6.81. The van der Waals surface area contributed by atoms with Crippen molar-refractivity contribution in [2.24, 2.45) is 0 Å². The zero-order valence-electron chi connectivity index (χ0n) is 9.33. The molecule has 1 unspecified atom stereocenters. The van der Waals surface area contributed by atoms with E-state index < -0.39 is 0 Å². The van der Waals surface area contributed by atoms with Crippen LogP contribution >= 0.6 is 0 Å². The molecular weight excluding hydrogens is 176 g/mol. The van der Waals surface area contributed by atoms with Crippen LogP contribution < -0.4 is 5.32 Å². The third-order valence-electron chi connectivity index (χ3n) is 3.65. The number of fused-ring (bicyclic) bond motifs is 1. The average molecular weight is 198 g/mol. The molecule has 2 saturated heterocycles. The monoisotopic (exact) mass is 198 g/mol. The van der Waals surface area contributed by atoms with Gasteiger partial charge in [-0.3, -0.25) is 4.90 Å². The molecule has 2 aliphatic rings. The highest BCUT2D eigenvalue weighted by Crippen LogP contribution is 2.19. The molecule has 0 aromatic carbocycles. The Kier molecular flexibility index (Phi) is 3.42. The van der Waals surface area contributed by atoms with E-state index >= 15 is 0 Å². The predicted molar refractivity (Wildman–Crippen MR) is 57.5 cm³/mol. The number of hydrogen-bond donors (Lipinski definition) is 1. The molecule has 2 fully saturated rings. The molecule has 3 heteroatoms. The van der Waals surface area contributed by atoms with Gasteiger partial charge in [-0.25, -0.2) is 0 Å². The van der Waals surface area contributed by atoms with Crippen molar-refractivity contribution < 1.29 is 4.74 Å². The highest BCUT2D eigenvalue weighted by atomic mass is 16.5. The molecule has 0 saturated carbocycles. The van der Waals surface area contributed by atoms with Crippen molar-refractivity contribution in [1.82, 2.24) is 10.2 Å². The molecule has 1 N–H and O–H groups in total. The molecule has 0 bridgehead atoms. The molecule has 2 aliphatic heterocycles. The Morgan fingerprint density at radius 1 is 1.57 bits per heavy atom. The highest BCUT2D eigenvalue weighted by molar-refractivity contribution is 4.89. The van der Waals surface area contributed by atoms with Crippen molar-refractivity contribution in [1.29, 1.82) is 0 Å². The minimum absolute atomic E-state index is 0.437. The van der Waals surface area contributed by atoms with Gasteiger partial charge in [0.05, 0.1) is 12.7 Å². The fourth-order valence-corrected chi connectivity index (χ4v) is 2.46. The topological polar surface area (TPSA) is 24.5 Å². The normalized spacial score (nSPS) is 36.4. The molecule has 0 aromatic heterocycles. The number of likely N-dealkylation sites (tertiary alicyclic amines) is 1. The number of ether oxygens (including phenoxy) is 1. The lowest BCUT2D eigenvalue weighted by molar-refractivity contribution is -0.0550. The molecule has 2 heterocycles. The lowest BCUT2D eigenvalue weighted by Crippen LogP contribution is -2.58. The van der Waals surface area contributed by atoms with Crippen LogP contribution in [0.5, 0.6) is 0 Å². The molecule has 82 valence electrons. The van der Waals surface area contributed by atoms with E-state index in [0.29, 0.717) is 18.2 Å². The maximum Gasteiger partial charge on any atom is 0.0855 e. The zero-order valence-corrected chi connectivity index (χ0v) is 9.33. The van der Waals surface area contributed by atoms with Gasteiger partial charge in [0.2, 0.25) is 0 Å². The van der Waals surface area contributed by atoms with Gasteiger partial charge in [-0.05, 0) is 19.8 Å². The largest absolute Gasteiger partial charge is 0.374 e. The van der Waals surface area contributed by atoms with E-state index in [1.807, 2.05) is 0 Å². The summed E-state index contributed by atoms with van der Waals surface area (Å²) in [4.78, 5) is 2.56. The van der Waals surface area contributed by atoms with Crippen LogP contribution in [-0.4, -0.2) is 49.3 Å². The maximum atomic E-state index is 5.80. The van der Waals surface area contributed by atoms with Gasteiger partial charge in [0.1, 0.15) is 0 Å². The summed E-state index contributed by atoms with van der Waals surface area (Å²) in [6.45, 7) is 8.84. The third kappa shape index (κ3) is 2.10. The minimum atomic E-state index is 0.437. The molecule has 3 nitrogen and oxygen atoms in total. The van der Waals surface area contributed by atoms with Crippen LogP contribution in [0.25, 0.3) is 0 Å². The van der Waals surface area contributed by atoms with Gasteiger partial charge in [0.15, 0.2) is 0 Å². The van der Waals surface area contributed by atoms with E-state index in [0.717, 1.165) is 19.7 Å². The van der Waals surface area contributed by atoms with E-state index in [1.54, 1.807) is 0 Å². The first-order valence-corrected chi connectivity index (χ1v) is 5.90. The van der Waals surface area contributed by atoms with E-state index in [1.165, 1.54) is 19.4 Å². The second-order valence-corrected chi connectivity index (χ2v) is 4.51. The highest BCUT2D eigenvalue weighted by Gasteiger charge is 2.32. The number of nitrogens with one attached hydrogen (secondary N) is 1. The average Bonchev–Trinajstić information content (AvgIpc) is 2.27. The summed E-state index contributed by atoms with van der Waals surface area (Å²) in [6, 6.07) is 1.32. The van der Waals surface area contributed by atoms with Crippen molar-refractivity contribution in [2.75, 3.05) is 26.2 Å². The number of rotatable bonds is 2. The lowest BCUT2D eigenvalue weighted by atomic mass is 9.98. The van der Waals surface area contributed by atoms with Gasteiger partial charge in [-0.2, -0.15) is 0 Å². The Hall–Kier alpha value is -0.120. The van der Waals surface area contributed by atoms with Crippen LogP contribution in [0.2, 0.25) is 0 Å². The second kappa shape index (κ2) is 4.60. The smallest absolute Gasteiger partial charge is 0.0855 e. The summed E-state index contributed by atoms with van der Waals surface area (Å²) in [5.41, 5.74) is 0. The van der Waals surface area contributed by atoms with Gasteiger partial charge in [-0.15, -0.1) is 0 Å². The summed E-state index contributed by atoms with van der Waals surface area (Å²) < 4.78 is 5.80. The van der Waals surface area contributed by atoms with E-state index in [2.05, 4.69) is 24.1 Å². The van der Waals surface area contributed by atoms with Crippen molar-refractivity contribution in [3.63, 3.8) is 0 Å². The van der Waals surface area contributed by atoms with Gasteiger partial charge >= 0.3 is 0 Å². The first kappa shape index (κ1) is 10.4. The molecule has 14 heavy (non-hydrogen) atoms. The molecular formula is C11H22N2O. The molecule has 0 aromatic rings. The van der Waals surface area contributed by atoms with Crippen LogP contribution in [0.3, 0.4) is 0 Å². The lowest BCUT2D eigenvalue weighted by Gasteiger charge is -2.43. The van der Waals surface area contributed by atoms with Crippen LogP contribution in [0.4, 0.5) is 0 Å². The fraction of sp³-hybridized carbons (Fsp3) is 1.00. The number of nitrogens with zero attached hydrogens (tertiary/aromatic N) is 1. The molecule has 0 spiro atoms. The molecule has 0 radical (unpaired) electrons. The Morgan fingerprint density at radius 2 is 2.43 bits per heavy atom. The van der Waals surface area contributed by atoms with Crippen LogP contribution in [0.1, 0.15) is 26.7 Å². The van der Waals surface area contributed by atoms with Crippen LogP contribution in [0, 0.1) is 0 Å². The third-order valence-corrected chi connectivity index (χ3v) is 3.65.